The van der Waals surface area contributed by atoms with Crippen molar-refractivity contribution < 1.29 is 47.9 Å². The third-order valence-electron chi connectivity index (χ3n) is 13.3. The predicted molar refractivity (Wildman–Crippen MR) is 294 cm³/mol. The third kappa shape index (κ3) is 16.6. The molecule has 79 heavy (non-hydrogen) atoms. The van der Waals surface area contributed by atoms with Crippen LogP contribution in [0.4, 0.5) is 0 Å². The van der Waals surface area contributed by atoms with Crippen molar-refractivity contribution in [1.82, 2.24) is 62.1 Å². The van der Waals surface area contributed by atoms with E-state index in [0.717, 1.165) is 27.4 Å². The fourth-order valence-electron chi connectivity index (χ4n) is 9.10. The Balaban J connectivity index is 1.10. The van der Waals surface area contributed by atoms with Gasteiger partial charge in [-0.15, -0.1) is 11.8 Å². The minimum absolute atomic E-state index is 0.0581. The topological polar surface area (TPSA) is 396 Å². The molecule has 0 aliphatic carbocycles. The summed E-state index contributed by atoms with van der Waals surface area (Å²) in [6.07, 6.45) is 5.90. The zero-order valence-electron chi connectivity index (χ0n) is 44.7. The second kappa shape index (κ2) is 27.9. The molecule has 1 aliphatic heterocycles. The maximum atomic E-state index is 14.3. The van der Waals surface area contributed by atoms with Crippen LogP contribution in [0.1, 0.15) is 70.7 Å². The van der Waals surface area contributed by atoms with Gasteiger partial charge in [-0.2, -0.15) is 0 Å². The number of nitrogens with two attached hydrogens (primary N) is 3. The van der Waals surface area contributed by atoms with Crippen LogP contribution in [0.15, 0.2) is 73.4 Å². The largest absolute Gasteiger partial charge is 0.370 e. The monoisotopic (exact) mass is 1110 g/mol. The van der Waals surface area contributed by atoms with E-state index < -0.39 is 119 Å². The molecule has 1 saturated heterocycles. The van der Waals surface area contributed by atoms with Crippen LogP contribution in [0.3, 0.4) is 0 Å². The highest BCUT2D eigenvalue weighted by molar-refractivity contribution is 8.00. The van der Waals surface area contributed by atoms with Crippen LogP contribution in [0.2, 0.25) is 0 Å². The molecule has 0 radical (unpaired) electrons. The average Bonchev–Trinajstić information content (AvgIpc) is 4.28. The molecule has 0 saturated carbocycles. The van der Waals surface area contributed by atoms with Crippen molar-refractivity contribution in [3.05, 3.63) is 90.3 Å². The standard InChI is InChI=1S/C53H71N15O10S/c1-27(2)18-41(52(78)68-16-17-79-53(68)45(56)71)66-50(76)40(21-32-24-57-26-61-32)63-43(70)25-60-51(77)44(28(3)4)67-46(72)29(5)62-49(75)39(20-31-23-59-37-13-9-7-11-34(31)37)65-48(74)38(14-15-42(55)69)64-47(73)35(54)19-30-22-58-36-12-8-6-10-33(30)36/h6-13,22-24,26-29,35,38-41,44,53,58-59H,14-21,25,54H2,1-5H3,(H2,55,69)(H2,56,71)(H,57,61)(H,60,77)(H,62,75)(H,63,70)(H,64,73)(H,65,74)(H,66,76)(H,67,72)/t29-,35-,38-,39-,40-,41-,44-,53?/m0/s1. The molecule has 0 bridgehead atoms. The molecule has 10 amide bonds. The fourth-order valence-corrected chi connectivity index (χ4v) is 10.2. The molecule has 424 valence electrons. The Kier molecular flexibility index (Phi) is 21.2. The summed E-state index contributed by atoms with van der Waals surface area (Å²) in [5, 5.41) is 19.2. The van der Waals surface area contributed by atoms with Gasteiger partial charge in [0.2, 0.25) is 53.2 Å². The number of para-hydroxylation sites is 2. The number of carbonyl (C=O) groups is 10. The van der Waals surface area contributed by atoms with Gasteiger partial charge in [0.25, 0.3) is 5.91 Å². The van der Waals surface area contributed by atoms with Crippen molar-refractivity contribution in [3.8, 4) is 0 Å². The van der Waals surface area contributed by atoms with Crippen LogP contribution < -0.4 is 54.4 Å². The van der Waals surface area contributed by atoms with Gasteiger partial charge in [0, 0.05) is 77.7 Å². The van der Waals surface area contributed by atoms with E-state index in [0.29, 0.717) is 17.0 Å². The van der Waals surface area contributed by atoms with Crippen LogP contribution in [-0.2, 0) is 67.2 Å². The normalized spacial score (nSPS) is 16.0. The quantitative estimate of drug-likeness (QED) is 0.0290. The van der Waals surface area contributed by atoms with Crippen molar-refractivity contribution in [1.29, 1.82) is 0 Å². The van der Waals surface area contributed by atoms with Gasteiger partial charge in [-0.25, -0.2) is 4.98 Å². The smallest absolute Gasteiger partial charge is 0.250 e. The molecule has 1 aliphatic rings. The van der Waals surface area contributed by atoms with E-state index in [4.69, 9.17) is 17.2 Å². The number of primary amides is 2. The molecule has 4 heterocycles. The van der Waals surface area contributed by atoms with E-state index in [1.54, 1.807) is 32.3 Å². The number of imidazole rings is 1. The fraction of sp³-hybridized carbons (Fsp3) is 0.453. The Morgan fingerprint density at radius 2 is 1.25 bits per heavy atom. The number of aromatic amines is 3. The lowest BCUT2D eigenvalue weighted by molar-refractivity contribution is -0.140. The van der Waals surface area contributed by atoms with Gasteiger partial charge in [0.15, 0.2) is 5.37 Å². The molecule has 16 N–H and O–H groups in total. The lowest BCUT2D eigenvalue weighted by Gasteiger charge is -2.29. The minimum Gasteiger partial charge on any atom is -0.370 e. The zero-order chi connectivity index (χ0) is 57.5. The third-order valence-corrected chi connectivity index (χ3v) is 14.5. The van der Waals surface area contributed by atoms with Crippen LogP contribution in [0.25, 0.3) is 21.8 Å². The highest BCUT2D eigenvalue weighted by atomic mass is 32.2. The van der Waals surface area contributed by atoms with Gasteiger partial charge in [-0.05, 0) is 61.3 Å². The number of benzene rings is 2. The second-order valence-electron chi connectivity index (χ2n) is 20.3. The number of nitrogens with one attached hydrogen (secondary N) is 10. The molecule has 2 aromatic carbocycles. The first-order valence-corrected chi connectivity index (χ1v) is 27.1. The maximum Gasteiger partial charge on any atom is 0.250 e. The van der Waals surface area contributed by atoms with E-state index in [2.05, 4.69) is 57.2 Å². The van der Waals surface area contributed by atoms with Gasteiger partial charge < -0.3 is 74.3 Å². The highest BCUT2D eigenvalue weighted by Gasteiger charge is 2.39. The first-order chi connectivity index (χ1) is 37.6. The molecule has 26 heteroatoms. The molecule has 8 atom stereocenters. The van der Waals surface area contributed by atoms with E-state index in [1.807, 2.05) is 56.3 Å². The van der Waals surface area contributed by atoms with Crippen LogP contribution in [-0.4, -0.2) is 150 Å². The van der Waals surface area contributed by atoms with E-state index >= 15 is 0 Å². The average molecular weight is 1110 g/mol. The van der Waals surface area contributed by atoms with Crippen molar-refractivity contribution >= 4 is 92.6 Å². The molecule has 5 aromatic rings. The van der Waals surface area contributed by atoms with E-state index in [9.17, 15) is 47.9 Å². The summed E-state index contributed by atoms with van der Waals surface area (Å²) in [6.45, 7) is 8.01. The Hall–Kier alpha value is -8.26. The lowest BCUT2D eigenvalue weighted by atomic mass is 10.0. The number of thioether (sulfide) groups is 1. The first-order valence-electron chi connectivity index (χ1n) is 26.0. The number of aromatic nitrogens is 4. The summed E-state index contributed by atoms with van der Waals surface area (Å²) >= 11 is 1.22. The van der Waals surface area contributed by atoms with Crippen LogP contribution in [0.5, 0.6) is 0 Å². The zero-order valence-corrected chi connectivity index (χ0v) is 45.5. The van der Waals surface area contributed by atoms with Crippen molar-refractivity contribution in [3.63, 3.8) is 0 Å². The Morgan fingerprint density at radius 1 is 0.671 bits per heavy atom. The summed E-state index contributed by atoms with van der Waals surface area (Å²) in [5.74, 6) is -7.44. The number of carbonyl (C=O) groups excluding carboxylic acids is 10. The number of nitrogens with zero attached hydrogens (tertiary/aromatic N) is 2. The minimum atomic E-state index is -1.37. The summed E-state index contributed by atoms with van der Waals surface area (Å²) < 4.78 is 0. The summed E-state index contributed by atoms with van der Waals surface area (Å²) in [4.78, 5) is 149. The molecular formula is C53H71N15O10S. The molecule has 6 rings (SSSR count). The van der Waals surface area contributed by atoms with Gasteiger partial charge in [0.05, 0.1) is 18.9 Å². The van der Waals surface area contributed by atoms with Crippen LogP contribution >= 0.6 is 11.8 Å². The first kappa shape index (κ1) is 60.0. The Labute approximate surface area is 460 Å². The summed E-state index contributed by atoms with van der Waals surface area (Å²) in [6, 6.07) is 6.03. The number of hydrogen-bond donors (Lipinski definition) is 13. The molecule has 25 nitrogen and oxygen atoms in total. The van der Waals surface area contributed by atoms with E-state index in [-0.39, 0.29) is 51.0 Å². The van der Waals surface area contributed by atoms with Crippen molar-refractivity contribution in [2.75, 3.05) is 18.8 Å². The van der Waals surface area contributed by atoms with Crippen molar-refractivity contribution in [2.45, 2.75) is 121 Å². The van der Waals surface area contributed by atoms with Gasteiger partial charge in [0.1, 0.15) is 36.3 Å². The molecule has 0 spiro atoms. The predicted octanol–water partition coefficient (Wildman–Crippen LogP) is -0.873. The number of H-pyrrole nitrogens is 3. The molecular weight excluding hydrogens is 1040 g/mol. The highest BCUT2D eigenvalue weighted by Crippen LogP contribution is 2.26. The van der Waals surface area contributed by atoms with Gasteiger partial charge in [-0.1, -0.05) is 64.1 Å². The molecule has 3 aromatic heterocycles. The summed E-state index contributed by atoms with van der Waals surface area (Å²) in [5.41, 5.74) is 20.8. The van der Waals surface area contributed by atoms with Gasteiger partial charge in [-0.3, -0.25) is 47.9 Å². The maximum absolute atomic E-state index is 14.3. The van der Waals surface area contributed by atoms with E-state index in [1.165, 1.54) is 36.1 Å². The van der Waals surface area contributed by atoms with Gasteiger partial charge >= 0.3 is 0 Å². The summed E-state index contributed by atoms with van der Waals surface area (Å²) in [7, 11) is 0. The second-order valence-corrected chi connectivity index (χ2v) is 21.5. The van der Waals surface area contributed by atoms with Crippen LogP contribution in [0, 0.1) is 11.8 Å². The Morgan fingerprint density at radius 3 is 1.85 bits per heavy atom. The van der Waals surface area contributed by atoms with Crippen molar-refractivity contribution in [2.24, 2.45) is 29.0 Å². The number of fused-ring (bicyclic) bond motifs is 2. The Bertz CT molecular complexity index is 2990. The number of hydrogen-bond acceptors (Lipinski definition) is 13. The number of amides is 10. The SMILES string of the molecule is CC(C)C[C@H](NC(=O)[C@H](Cc1cnc[nH]1)NC(=O)CNC(=O)[C@@H](NC(=O)[C@H](C)NC(=O)[C@H](Cc1c[nH]c2ccccc12)NC(=O)[C@H](CCC(N)=O)NC(=O)[C@@H](N)Cc1c[nH]c2ccccc12)C(C)C)C(=O)N1CCSC1C(N)=O. The number of rotatable bonds is 28. The molecule has 1 unspecified atom stereocenters. The lowest BCUT2D eigenvalue weighted by Crippen LogP contribution is -2.59. The molecule has 1 fully saturated rings.